The number of ether oxygens (including phenoxy) is 2. The third-order valence-corrected chi connectivity index (χ3v) is 6.68. The van der Waals surface area contributed by atoms with Gasteiger partial charge in [-0.3, -0.25) is 4.79 Å². The van der Waals surface area contributed by atoms with Gasteiger partial charge in [-0.1, -0.05) is 63.1 Å². The Morgan fingerprint density at radius 1 is 1.12 bits per heavy atom. The van der Waals surface area contributed by atoms with Crippen molar-refractivity contribution in [3.05, 3.63) is 29.8 Å². The number of alkyl carbamates (subject to hydrolysis) is 1. The molecular formula is C26H41N3O4. The van der Waals surface area contributed by atoms with E-state index in [-0.39, 0.29) is 11.9 Å². The zero-order valence-electron chi connectivity index (χ0n) is 20.3. The van der Waals surface area contributed by atoms with Crippen molar-refractivity contribution in [2.24, 2.45) is 5.92 Å². The molecular weight excluding hydrogens is 418 g/mol. The second-order valence-electron chi connectivity index (χ2n) is 9.45. The van der Waals surface area contributed by atoms with Crippen LogP contribution in [-0.2, 0) is 14.3 Å². The summed E-state index contributed by atoms with van der Waals surface area (Å²) in [4.78, 5) is 27.9. The molecule has 1 aromatic rings. The Kier molecular flexibility index (Phi) is 10.3. The molecule has 33 heavy (non-hydrogen) atoms. The maximum Gasteiger partial charge on any atom is 0.408 e. The van der Waals surface area contributed by atoms with Gasteiger partial charge in [0.1, 0.15) is 0 Å². The van der Waals surface area contributed by atoms with E-state index < -0.39 is 12.2 Å². The normalized spacial score (nSPS) is 18.9. The number of benzene rings is 1. The maximum atomic E-state index is 13.2. The highest BCUT2D eigenvalue weighted by Gasteiger charge is 2.32. The molecule has 1 aliphatic carbocycles. The number of nitrogens with zero attached hydrogens (tertiary/aromatic N) is 1. The van der Waals surface area contributed by atoms with Gasteiger partial charge >= 0.3 is 6.09 Å². The molecule has 7 heteroatoms. The number of anilines is 1. The van der Waals surface area contributed by atoms with Crippen LogP contribution in [0.4, 0.5) is 10.5 Å². The van der Waals surface area contributed by atoms with Gasteiger partial charge in [-0.05, 0) is 37.8 Å². The molecule has 2 amide bonds. The van der Waals surface area contributed by atoms with Crippen molar-refractivity contribution in [1.82, 2.24) is 10.2 Å². The van der Waals surface area contributed by atoms with Crippen LogP contribution in [-0.4, -0.2) is 61.9 Å². The van der Waals surface area contributed by atoms with Crippen molar-refractivity contribution in [1.29, 1.82) is 0 Å². The molecule has 0 unspecified atom stereocenters. The second kappa shape index (κ2) is 13.4. The predicted octanol–water partition coefficient (Wildman–Crippen LogP) is 4.50. The van der Waals surface area contributed by atoms with Crippen molar-refractivity contribution in [3.8, 4) is 0 Å². The minimum atomic E-state index is -0.724. The first kappa shape index (κ1) is 25.3. The van der Waals surface area contributed by atoms with Crippen LogP contribution in [0.15, 0.2) is 24.3 Å². The number of hydrogen-bond acceptors (Lipinski definition) is 5. The van der Waals surface area contributed by atoms with Crippen molar-refractivity contribution >= 4 is 17.7 Å². The van der Waals surface area contributed by atoms with Crippen LogP contribution >= 0.6 is 0 Å². The van der Waals surface area contributed by atoms with Crippen LogP contribution in [0.2, 0.25) is 0 Å². The van der Waals surface area contributed by atoms with Gasteiger partial charge in [0, 0.05) is 31.4 Å². The molecule has 1 aliphatic heterocycles. The fraction of sp³-hybridized carbons (Fsp3) is 0.692. The first-order valence-corrected chi connectivity index (χ1v) is 12.7. The summed E-state index contributed by atoms with van der Waals surface area (Å²) in [5.74, 6) is 0.361. The Bertz CT molecular complexity index is 728. The summed E-state index contributed by atoms with van der Waals surface area (Å²) in [6.45, 7) is 6.96. The highest BCUT2D eigenvalue weighted by molar-refractivity contribution is 5.83. The van der Waals surface area contributed by atoms with Gasteiger partial charge in [0.2, 0.25) is 0 Å². The lowest BCUT2D eigenvalue weighted by atomic mass is 9.85. The monoisotopic (exact) mass is 459 g/mol. The van der Waals surface area contributed by atoms with E-state index in [1.807, 2.05) is 12.1 Å². The summed E-state index contributed by atoms with van der Waals surface area (Å²) in [6.07, 6.45) is 7.03. The van der Waals surface area contributed by atoms with Gasteiger partial charge in [-0.25, -0.2) is 4.79 Å². The number of carbonyl (C=O) groups is 2. The average Bonchev–Trinajstić information content (AvgIpc) is 2.84. The van der Waals surface area contributed by atoms with Gasteiger partial charge in [0.05, 0.1) is 13.2 Å². The predicted molar refractivity (Wildman–Crippen MR) is 130 cm³/mol. The van der Waals surface area contributed by atoms with Gasteiger partial charge in [0.25, 0.3) is 5.91 Å². The highest BCUT2D eigenvalue weighted by Crippen LogP contribution is 2.29. The van der Waals surface area contributed by atoms with E-state index in [1.54, 1.807) is 4.90 Å². The first-order chi connectivity index (χ1) is 16.0. The lowest BCUT2D eigenvalue weighted by molar-refractivity contribution is -0.145. The van der Waals surface area contributed by atoms with Crippen LogP contribution in [0.1, 0.15) is 63.9 Å². The molecule has 1 heterocycles. The second-order valence-corrected chi connectivity index (χ2v) is 9.45. The smallest absolute Gasteiger partial charge is 0.408 e. The summed E-state index contributed by atoms with van der Waals surface area (Å²) in [5.41, 5.74) is 2.23. The quantitative estimate of drug-likeness (QED) is 0.539. The van der Waals surface area contributed by atoms with E-state index >= 15 is 0 Å². The number of rotatable bonds is 10. The molecule has 7 nitrogen and oxygen atoms in total. The summed E-state index contributed by atoms with van der Waals surface area (Å²) in [6, 6.07) is 8.13. The number of nitrogens with one attached hydrogen (secondary N) is 2. The largest absolute Gasteiger partial charge is 0.436 e. The molecule has 1 saturated carbocycles. The number of amides is 2. The van der Waals surface area contributed by atoms with Crippen LogP contribution in [0.5, 0.6) is 0 Å². The van der Waals surface area contributed by atoms with Crippen LogP contribution < -0.4 is 10.6 Å². The fourth-order valence-electron chi connectivity index (χ4n) is 4.73. The molecule has 1 saturated heterocycles. The van der Waals surface area contributed by atoms with E-state index in [1.165, 1.54) is 24.8 Å². The van der Waals surface area contributed by atoms with Gasteiger partial charge in [0.15, 0.2) is 6.10 Å². The molecule has 0 spiro atoms. The molecule has 0 bridgehead atoms. The molecule has 184 valence electrons. The van der Waals surface area contributed by atoms with Crippen molar-refractivity contribution in [2.75, 3.05) is 38.2 Å². The van der Waals surface area contributed by atoms with Crippen molar-refractivity contribution < 1.29 is 19.1 Å². The van der Waals surface area contributed by atoms with Crippen LogP contribution in [0.3, 0.4) is 0 Å². The Morgan fingerprint density at radius 3 is 2.48 bits per heavy atom. The lowest BCUT2D eigenvalue weighted by Crippen LogP contribution is -2.49. The van der Waals surface area contributed by atoms with Crippen molar-refractivity contribution in [3.63, 3.8) is 0 Å². The fourth-order valence-corrected chi connectivity index (χ4v) is 4.73. The summed E-state index contributed by atoms with van der Waals surface area (Å²) < 4.78 is 11.2. The highest BCUT2D eigenvalue weighted by atomic mass is 16.6. The molecule has 2 atom stereocenters. The van der Waals surface area contributed by atoms with E-state index in [9.17, 15) is 9.59 Å². The molecule has 3 rings (SSSR count). The van der Waals surface area contributed by atoms with Crippen LogP contribution in [0, 0.1) is 12.8 Å². The molecule has 0 radical (unpaired) electrons. The van der Waals surface area contributed by atoms with Crippen molar-refractivity contribution in [2.45, 2.75) is 77.4 Å². The number of aryl methyl sites for hydroxylation is 1. The molecule has 2 N–H and O–H groups in total. The van der Waals surface area contributed by atoms with Gasteiger partial charge in [-0.2, -0.15) is 0 Å². The zero-order chi connectivity index (χ0) is 23.5. The number of hydrogen-bond donors (Lipinski definition) is 2. The maximum absolute atomic E-state index is 13.2. The first-order valence-electron chi connectivity index (χ1n) is 12.7. The summed E-state index contributed by atoms with van der Waals surface area (Å²) in [7, 11) is 0. The lowest BCUT2D eigenvalue weighted by Gasteiger charge is -2.32. The van der Waals surface area contributed by atoms with Gasteiger partial charge < -0.3 is 25.0 Å². The third kappa shape index (κ3) is 8.54. The Hall–Kier alpha value is -2.28. The minimum absolute atomic E-state index is 0.0716. The van der Waals surface area contributed by atoms with E-state index in [2.05, 4.69) is 36.6 Å². The average molecular weight is 460 g/mol. The summed E-state index contributed by atoms with van der Waals surface area (Å²) >= 11 is 0. The third-order valence-electron chi connectivity index (χ3n) is 6.68. The summed E-state index contributed by atoms with van der Waals surface area (Å²) in [5, 5.41) is 6.40. The van der Waals surface area contributed by atoms with E-state index in [0.717, 1.165) is 31.4 Å². The number of morpholine rings is 1. The molecule has 2 fully saturated rings. The van der Waals surface area contributed by atoms with E-state index in [4.69, 9.17) is 9.47 Å². The molecule has 1 aromatic carbocycles. The number of carbonyl (C=O) groups excluding carboxylic acids is 2. The Balaban J connectivity index is 1.57. The van der Waals surface area contributed by atoms with Gasteiger partial charge in [-0.15, -0.1) is 0 Å². The topological polar surface area (TPSA) is 79.9 Å². The Labute approximate surface area is 198 Å². The van der Waals surface area contributed by atoms with E-state index in [0.29, 0.717) is 45.2 Å². The minimum Gasteiger partial charge on any atom is -0.436 e. The molecule has 0 aromatic heterocycles. The molecule has 2 aliphatic rings. The van der Waals surface area contributed by atoms with Crippen LogP contribution in [0.25, 0.3) is 0 Å². The standard InChI is InChI=1S/C26H41N3O4/c1-3-7-23(19-27-22-12-10-20(2)11-13-22)28-26(31)33-24(18-21-8-5-4-6-9-21)25(30)29-14-16-32-17-15-29/h10-13,21,23-24,27H,3-9,14-19H2,1-2H3,(H,28,31)/t23-,24-/m0/s1. The SMILES string of the molecule is CCC[C@@H](CNc1ccc(C)cc1)NC(=O)O[C@@H](CC1CCCCC1)C(=O)N1CCOCC1. The Morgan fingerprint density at radius 2 is 1.82 bits per heavy atom. The zero-order valence-corrected chi connectivity index (χ0v) is 20.3.